The van der Waals surface area contributed by atoms with Gasteiger partial charge < -0.3 is 19.5 Å². The van der Waals surface area contributed by atoms with Gasteiger partial charge >= 0.3 is 0 Å². The number of carbonyl (C=O) groups is 4. The van der Waals surface area contributed by atoms with E-state index in [1.165, 1.54) is 12.3 Å². The lowest BCUT2D eigenvalue weighted by molar-refractivity contribution is -0.490. The van der Waals surface area contributed by atoms with E-state index in [1.807, 2.05) is 6.92 Å². The van der Waals surface area contributed by atoms with Gasteiger partial charge in [-0.3, -0.25) is 29.3 Å². The van der Waals surface area contributed by atoms with Gasteiger partial charge in [-0.15, -0.1) is 0 Å². The summed E-state index contributed by atoms with van der Waals surface area (Å²) in [4.78, 5) is 64.1. The van der Waals surface area contributed by atoms with Crippen molar-refractivity contribution in [3.05, 3.63) is 34.3 Å². The Kier molecular flexibility index (Phi) is 7.23. The Labute approximate surface area is 203 Å². The molecule has 4 rings (SSSR count). The van der Waals surface area contributed by atoms with Crippen LogP contribution in [0.1, 0.15) is 49.6 Å². The van der Waals surface area contributed by atoms with Crippen LogP contribution in [0.2, 0.25) is 0 Å². The van der Waals surface area contributed by atoms with Crippen molar-refractivity contribution in [1.29, 1.82) is 0 Å². The fourth-order valence-electron chi connectivity index (χ4n) is 5.87. The van der Waals surface area contributed by atoms with E-state index in [0.717, 1.165) is 19.3 Å². The molecule has 2 aliphatic heterocycles. The maximum absolute atomic E-state index is 13.0. The molecule has 1 saturated carbocycles. The van der Waals surface area contributed by atoms with Gasteiger partial charge in [-0.25, -0.2) is 0 Å². The third-order valence-electron chi connectivity index (χ3n) is 8.05. The first-order valence-corrected chi connectivity index (χ1v) is 12.2. The van der Waals surface area contributed by atoms with Crippen molar-refractivity contribution in [2.75, 3.05) is 39.3 Å². The summed E-state index contributed by atoms with van der Waals surface area (Å²) in [6.45, 7) is 3.76. The van der Waals surface area contributed by atoms with Gasteiger partial charge in [0.1, 0.15) is 5.78 Å². The quantitative estimate of drug-likeness (QED) is 0.451. The van der Waals surface area contributed by atoms with E-state index in [9.17, 15) is 29.3 Å². The molecular weight excluding hydrogens is 456 g/mol. The lowest BCUT2D eigenvalue weighted by Crippen LogP contribution is -2.47. The number of Topliss-reactive ketones (excluding diaryl/α,β-unsaturated/α-hetero) is 1. The van der Waals surface area contributed by atoms with Gasteiger partial charge in [-0.05, 0) is 42.7 Å². The van der Waals surface area contributed by atoms with E-state index in [1.54, 1.807) is 15.9 Å². The number of nitro groups is 1. The minimum Gasteiger partial charge on any atom is -0.459 e. The zero-order valence-corrected chi connectivity index (χ0v) is 19.9. The summed E-state index contributed by atoms with van der Waals surface area (Å²) < 4.78 is 5.02. The van der Waals surface area contributed by atoms with Crippen LogP contribution < -0.4 is 5.32 Å². The number of hydrogen-bond donors (Lipinski definition) is 1. The molecule has 3 amide bonds. The van der Waals surface area contributed by atoms with E-state index in [4.69, 9.17) is 4.42 Å². The number of piperidine rings is 1. The summed E-state index contributed by atoms with van der Waals surface area (Å²) in [5.41, 5.74) is -0.0585. The monoisotopic (exact) mass is 488 g/mol. The molecule has 35 heavy (non-hydrogen) atoms. The molecule has 1 aromatic heterocycles. The number of rotatable bonds is 7. The molecule has 1 aromatic rings. The Balaban J connectivity index is 1.25. The average molecular weight is 489 g/mol. The van der Waals surface area contributed by atoms with Crippen LogP contribution in [-0.4, -0.2) is 77.5 Å². The number of nitrogens with one attached hydrogen (secondary N) is 1. The average Bonchev–Trinajstić information content (AvgIpc) is 3.55. The van der Waals surface area contributed by atoms with Gasteiger partial charge in [0, 0.05) is 55.8 Å². The van der Waals surface area contributed by atoms with Crippen molar-refractivity contribution in [2.45, 2.75) is 39.0 Å². The van der Waals surface area contributed by atoms with Crippen LogP contribution in [0.3, 0.4) is 0 Å². The minimum absolute atomic E-state index is 0.0394. The number of carbonyl (C=O) groups excluding carboxylic acids is 4. The molecule has 3 fully saturated rings. The summed E-state index contributed by atoms with van der Waals surface area (Å²) >= 11 is 0. The molecule has 3 unspecified atom stereocenters. The van der Waals surface area contributed by atoms with Crippen LogP contribution in [0.5, 0.6) is 0 Å². The molecule has 3 aliphatic rings. The van der Waals surface area contributed by atoms with Crippen molar-refractivity contribution >= 4 is 23.5 Å². The maximum atomic E-state index is 13.0. The number of amides is 3. The first kappa shape index (κ1) is 24.9. The van der Waals surface area contributed by atoms with Crippen LogP contribution in [-0.2, 0) is 14.4 Å². The lowest BCUT2D eigenvalue weighted by Gasteiger charge is -2.39. The summed E-state index contributed by atoms with van der Waals surface area (Å²) in [7, 11) is 0. The second-order valence-electron chi connectivity index (χ2n) is 10.2. The van der Waals surface area contributed by atoms with Crippen molar-refractivity contribution < 1.29 is 28.5 Å². The second kappa shape index (κ2) is 10.2. The largest absolute Gasteiger partial charge is 0.459 e. The molecule has 190 valence electrons. The highest BCUT2D eigenvalue weighted by molar-refractivity contribution is 5.94. The SMILES string of the molecule is CC1CC(=O)C(CC(=O)N2CCC3(CCN(C(=O)CNC(=O)c4ccco4)CC3)C2)C1C[N+](=O)[O-]. The standard InChI is InChI=1S/C24H32N4O7/c1-16-11-19(29)17(18(16)14-28(33)34)12-21(30)27-9-6-24(15-27)4-7-26(8-5-24)22(31)13-25-23(32)20-3-2-10-35-20/h2-3,10,16-18H,4-9,11-15H2,1H3,(H,25,32). The fourth-order valence-corrected chi connectivity index (χ4v) is 5.87. The normalized spacial score (nSPS) is 25.7. The molecule has 1 N–H and O–H groups in total. The highest BCUT2D eigenvalue weighted by Gasteiger charge is 2.47. The third kappa shape index (κ3) is 5.54. The Morgan fingerprint density at radius 3 is 2.49 bits per heavy atom. The van der Waals surface area contributed by atoms with Gasteiger partial charge in [0.25, 0.3) is 5.91 Å². The minimum atomic E-state index is -0.574. The molecule has 0 aromatic carbocycles. The Morgan fingerprint density at radius 2 is 1.86 bits per heavy atom. The smallest absolute Gasteiger partial charge is 0.287 e. The Hall–Kier alpha value is -3.24. The summed E-state index contributed by atoms with van der Waals surface area (Å²) in [6.07, 6.45) is 4.09. The third-order valence-corrected chi connectivity index (χ3v) is 8.05. The predicted molar refractivity (Wildman–Crippen MR) is 123 cm³/mol. The zero-order chi connectivity index (χ0) is 25.2. The number of furan rings is 1. The summed E-state index contributed by atoms with van der Waals surface area (Å²) in [5, 5.41) is 13.6. The van der Waals surface area contributed by atoms with E-state index in [0.29, 0.717) is 32.6 Å². The molecular formula is C24H32N4O7. The van der Waals surface area contributed by atoms with E-state index in [-0.39, 0.29) is 65.0 Å². The van der Waals surface area contributed by atoms with Gasteiger partial charge in [-0.1, -0.05) is 6.92 Å². The zero-order valence-electron chi connectivity index (χ0n) is 19.9. The summed E-state index contributed by atoms with van der Waals surface area (Å²) in [6, 6.07) is 3.14. The van der Waals surface area contributed by atoms with Crippen LogP contribution in [0.25, 0.3) is 0 Å². The molecule has 0 bridgehead atoms. The van der Waals surface area contributed by atoms with E-state index >= 15 is 0 Å². The molecule has 3 atom stereocenters. The second-order valence-corrected chi connectivity index (χ2v) is 10.2. The van der Waals surface area contributed by atoms with Gasteiger partial charge in [0.15, 0.2) is 5.76 Å². The Bertz CT molecular complexity index is 984. The van der Waals surface area contributed by atoms with E-state index in [2.05, 4.69) is 5.32 Å². The number of ketones is 1. The Morgan fingerprint density at radius 1 is 1.17 bits per heavy atom. The first-order valence-electron chi connectivity index (χ1n) is 12.2. The van der Waals surface area contributed by atoms with Crippen molar-refractivity contribution in [2.24, 2.45) is 23.2 Å². The van der Waals surface area contributed by atoms with Crippen molar-refractivity contribution in [3.63, 3.8) is 0 Å². The number of hydrogen-bond acceptors (Lipinski definition) is 7. The molecule has 1 aliphatic carbocycles. The lowest BCUT2D eigenvalue weighted by atomic mass is 9.77. The number of nitrogens with zero attached hydrogens (tertiary/aromatic N) is 3. The molecule has 3 heterocycles. The van der Waals surface area contributed by atoms with Crippen LogP contribution in [0.4, 0.5) is 0 Å². The van der Waals surface area contributed by atoms with Gasteiger partial charge in [-0.2, -0.15) is 0 Å². The molecule has 2 saturated heterocycles. The summed E-state index contributed by atoms with van der Waals surface area (Å²) in [5.74, 6) is -1.63. The maximum Gasteiger partial charge on any atom is 0.287 e. The number of likely N-dealkylation sites (tertiary alicyclic amines) is 2. The van der Waals surface area contributed by atoms with Crippen LogP contribution in [0, 0.1) is 33.3 Å². The van der Waals surface area contributed by atoms with Crippen molar-refractivity contribution in [3.8, 4) is 0 Å². The highest BCUT2D eigenvalue weighted by Crippen LogP contribution is 2.42. The predicted octanol–water partition coefficient (Wildman–Crippen LogP) is 1.36. The first-order chi connectivity index (χ1) is 16.7. The topological polar surface area (TPSA) is 143 Å². The van der Waals surface area contributed by atoms with E-state index < -0.39 is 11.8 Å². The van der Waals surface area contributed by atoms with Gasteiger partial charge in [0.05, 0.1) is 12.8 Å². The molecule has 11 nitrogen and oxygen atoms in total. The van der Waals surface area contributed by atoms with Crippen molar-refractivity contribution in [1.82, 2.24) is 15.1 Å². The molecule has 0 radical (unpaired) electrons. The van der Waals surface area contributed by atoms with Crippen LogP contribution >= 0.6 is 0 Å². The fraction of sp³-hybridized carbons (Fsp3) is 0.667. The van der Waals surface area contributed by atoms with Crippen LogP contribution in [0.15, 0.2) is 22.8 Å². The van der Waals surface area contributed by atoms with Gasteiger partial charge in [0.2, 0.25) is 18.4 Å². The highest BCUT2D eigenvalue weighted by atomic mass is 16.6. The molecule has 1 spiro atoms. The molecule has 11 heteroatoms.